The van der Waals surface area contributed by atoms with Gasteiger partial charge in [0.2, 0.25) is 0 Å². The first-order valence-corrected chi connectivity index (χ1v) is 5.38. The average Bonchev–Trinajstić information content (AvgIpc) is 1.95. The minimum Gasteiger partial charge on any atom is -0.298 e. The normalized spacial score (nSPS) is 13.4. The Morgan fingerprint density at radius 3 is 1.57 bits per heavy atom. The van der Waals surface area contributed by atoms with Gasteiger partial charge in [0.25, 0.3) is 0 Å². The van der Waals surface area contributed by atoms with Gasteiger partial charge in [0.1, 0.15) is 5.78 Å². The summed E-state index contributed by atoms with van der Waals surface area (Å²) in [5.74, 6) is 0.315. The highest BCUT2D eigenvalue weighted by Gasteiger charge is 2.32. The van der Waals surface area contributed by atoms with Crippen LogP contribution < -0.4 is 0 Å². The van der Waals surface area contributed by atoms with Gasteiger partial charge in [-0.05, 0) is 41.5 Å². The van der Waals surface area contributed by atoms with Crippen molar-refractivity contribution in [1.82, 2.24) is 4.90 Å². The first-order chi connectivity index (χ1) is 6.09. The van der Waals surface area contributed by atoms with Gasteiger partial charge in [0.15, 0.2) is 0 Å². The molecule has 0 rings (SSSR count). The smallest absolute Gasteiger partial charge is 0.146 e. The third kappa shape index (κ3) is 4.23. The second-order valence-electron chi connectivity index (χ2n) is 5.82. The summed E-state index contributed by atoms with van der Waals surface area (Å²) in [4.78, 5) is 13.7. The van der Waals surface area contributed by atoms with Gasteiger partial charge < -0.3 is 0 Å². The van der Waals surface area contributed by atoms with E-state index in [1.54, 1.807) is 0 Å². The summed E-state index contributed by atoms with van der Waals surface area (Å²) >= 11 is 0. The maximum Gasteiger partial charge on any atom is 0.146 e. The summed E-state index contributed by atoms with van der Waals surface area (Å²) in [6, 6.07) is 0. The van der Waals surface area contributed by atoms with Gasteiger partial charge in [0, 0.05) is 17.5 Å². The number of carbonyl (C=O) groups is 1. The number of nitrogens with zero attached hydrogens (tertiary/aromatic N) is 1. The summed E-state index contributed by atoms with van der Waals surface area (Å²) in [7, 11) is 0. The molecule has 2 nitrogen and oxygen atoms in total. The predicted octanol–water partition coefficient (Wildman–Crippen LogP) is 2.86. The number of rotatable bonds is 3. The average molecular weight is 199 g/mol. The standard InChI is InChI=1S/C12H25NO/c1-8-10(14)9-13(11(2,3)4)12(5,6)7/h8-9H2,1-7H3. The van der Waals surface area contributed by atoms with Crippen LogP contribution in [0.25, 0.3) is 0 Å². The number of carbonyl (C=O) groups excluding carboxylic acids is 1. The van der Waals surface area contributed by atoms with Crippen molar-refractivity contribution < 1.29 is 4.79 Å². The second-order valence-corrected chi connectivity index (χ2v) is 5.82. The van der Waals surface area contributed by atoms with Gasteiger partial charge in [-0.15, -0.1) is 0 Å². The second kappa shape index (κ2) is 4.43. The highest BCUT2D eigenvalue weighted by atomic mass is 16.1. The van der Waals surface area contributed by atoms with Crippen molar-refractivity contribution in [3.05, 3.63) is 0 Å². The third-order valence-electron chi connectivity index (χ3n) is 2.35. The van der Waals surface area contributed by atoms with Crippen LogP contribution in [0.3, 0.4) is 0 Å². The molecule has 0 fully saturated rings. The Hall–Kier alpha value is -0.370. The van der Waals surface area contributed by atoms with E-state index in [0.29, 0.717) is 18.7 Å². The molecule has 0 heterocycles. The first-order valence-electron chi connectivity index (χ1n) is 5.38. The van der Waals surface area contributed by atoms with Crippen molar-refractivity contribution in [3.63, 3.8) is 0 Å². The van der Waals surface area contributed by atoms with E-state index in [-0.39, 0.29) is 11.1 Å². The van der Waals surface area contributed by atoms with E-state index in [1.165, 1.54) is 0 Å². The highest BCUT2D eigenvalue weighted by Crippen LogP contribution is 2.24. The molecule has 14 heavy (non-hydrogen) atoms. The van der Waals surface area contributed by atoms with Crippen LogP contribution in [0.4, 0.5) is 0 Å². The molecule has 0 atom stereocenters. The molecule has 0 saturated carbocycles. The lowest BCUT2D eigenvalue weighted by atomic mass is 9.95. The van der Waals surface area contributed by atoms with E-state index in [9.17, 15) is 4.79 Å². The van der Waals surface area contributed by atoms with Gasteiger partial charge in [0.05, 0.1) is 6.54 Å². The Bertz CT molecular complexity index is 181. The predicted molar refractivity (Wildman–Crippen MR) is 61.5 cm³/mol. The summed E-state index contributed by atoms with van der Waals surface area (Å²) in [5.41, 5.74) is 0.0894. The number of Topliss-reactive ketones (excluding diaryl/α,β-unsaturated/α-hetero) is 1. The van der Waals surface area contributed by atoms with E-state index in [1.807, 2.05) is 6.92 Å². The van der Waals surface area contributed by atoms with E-state index >= 15 is 0 Å². The van der Waals surface area contributed by atoms with Crippen LogP contribution in [-0.2, 0) is 4.79 Å². The van der Waals surface area contributed by atoms with Crippen molar-refractivity contribution in [1.29, 1.82) is 0 Å². The molecular formula is C12H25NO. The topological polar surface area (TPSA) is 20.3 Å². The zero-order chi connectivity index (χ0) is 11.6. The molecule has 0 N–H and O–H groups in total. The van der Waals surface area contributed by atoms with Crippen LogP contribution in [0.5, 0.6) is 0 Å². The van der Waals surface area contributed by atoms with Crippen LogP contribution >= 0.6 is 0 Å². The molecule has 0 bridgehead atoms. The van der Waals surface area contributed by atoms with E-state index in [0.717, 1.165) is 0 Å². The molecule has 0 aromatic carbocycles. The zero-order valence-electron chi connectivity index (χ0n) is 10.8. The molecule has 0 spiro atoms. The van der Waals surface area contributed by atoms with Gasteiger partial charge >= 0.3 is 0 Å². The van der Waals surface area contributed by atoms with Crippen LogP contribution in [-0.4, -0.2) is 28.3 Å². The fraction of sp³-hybridized carbons (Fsp3) is 0.917. The van der Waals surface area contributed by atoms with Crippen LogP contribution in [0.15, 0.2) is 0 Å². The fourth-order valence-corrected chi connectivity index (χ4v) is 1.77. The van der Waals surface area contributed by atoms with Crippen molar-refractivity contribution in [2.24, 2.45) is 0 Å². The maximum absolute atomic E-state index is 11.5. The maximum atomic E-state index is 11.5. The molecule has 84 valence electrons. The summed E-state index contributed by atoms with van der Waals surface area (Å²) in [6.07, 6.45) is 0.628. The molecule has 0 aromatic rings. The molecule has 2 heteroatoms. The largest absolute Gasteiger partial charge is 0.298 e. The fourth-order valence-electron chi connectivity index (χ4n) is 1.77. The van der Waals surface area contributed by atoms with E-state index in [2.05, 4.69) is 46.4 Å². The first kappa shape index (κ1) is 13.6. The molecule has 0 amide bonds. The van der Waals surface area contributed by atoms with Crippen molar-refractivity contribution in [3.8, 4) is 0 Å². The Morgan fingerprint density at radius 2 is 1.36 bits per heavy atom. The van der Waals surface area contributed by atoms with E-state index in [4.69, 9.17) is 0 Å². The van der Waals surface area contributed by atoms with Gasteiger partial charge in [-0.25, -0.2) is 0 Å². The summed E-state index contributed by atoms with van der Waals surface area (Å²) < 4.78 is 0. The van der Waals surface area contributed by atoms with E-state index < -0.39 is 0 Å². The lowest BCUT2D eigenvalue weighted by molar-refractivity contribution is -0.123. The lowest BCUT2D eigenvalue weighted by Crippen LogP contribution is -2.54. The minimum absolute atomic E-state index is 0.0447. The zero-order valence-corrected chi connectivity index (χ0v) is 10.8. The molecule has 0 aliphatic heterocycles. The monoisotopic (exact) mass is 199 g/mol. The van der Waals surface area contributed by atoms with Crippen molar-refractivity contribution >= 4 is 5.78 Å². The molecular weight excluding hydrogens is 174 g/mol. The number of hydrogen-bond donors (Lipinski definition) is 0. The van der Waals surface area contributed by atoms with Gasteiger partial charge in [-0.2, -0.15) is 0 Å². The number of ketones is 1. The molecule has 0 unspecified atom stereocenters. The lowest BCUT2D eigenvalue weighted by Gasteiger charge is -2.45. The highest BCUT2D eigenvalue weighted by molar-refractivity contribution is 5.80. The van der Waals surface area contributed by atoms with Gasteiger partial charge in [-0.3, -0.25) is 9.69 Å². The molecule has 0 aliphatic carbocycles. The number of hydrogen-bond acceptors (Lipinski definition) is 2. The summed E-state index contributed by atoms with van der Waals surface area (Å²) in [5, 5.41) is 0. The molecule has 0 aromatic heterocycles. The van der Waals surface area contributed by atoms with Crippen molar-refractivity contribution in [2.45, 2.75) is 66.0 Å². The van der Waals surface area contributed by atoms with Gasteiger partial charge in [-0.1, -0.05) is 6.92 Å². The Morgan fingerprint density at radius 1 is 1.00 bits per heavy atom. The molecule has 0 saturated heterocycles. The summed E-state index contributed by atoms with van der Waals surface area (Å²) in [6.45, 7) is 15.4. The Kier molecular flexibility index (Phi) is 4.32. The quantitative estimate of drug-likeness (QED) is 0.696. The van der Waals surface area contributed by atoms with Crippen LogP contribution in [0, 0.1) is 0 Å². The van der Waals surface area contributed by atoms with Crippen LogP contribution in [0.2, 0.25) is 0 Å². The molecule has 0 radical (unpaired) electrons. The Balaban J connectivity index is 4.68. The van der Waals surface area contributed by atoms with Crippen LogP contribution in [0.1, 0.15) is 54.9 Å². The SMILES string of the molecule is CCC(=O)CN(C(C)(C)C)C(C)(C)C. The Labute approximate surface area is 88.7 Å². The third-order valence-corrected chi connectivity index (χ3v) is 2.35. The van der Waals surface area contributed by atoms with Crippen molar-refractivity contribution in [2.75, 3.05) is 6.54 Å². The minimum atomic E-state index is 0.0447. The molecule has 0 aliphatic rings.